The van der Waals surface area contributed by atoms with Crippen LogP contribution in [0.3, 0.4) is 0 Å². The normalized spacial score (nSPS) is 10.8. The second kappa shape index (κ2) is 9.13. The highest BCUT2D eigenvalue weighted by atomic mass is 19.2. The smallest absolute Gasteiger partial charge is 0.324 e. The molecule has 0 aliphatic rings. The second-order valence-electron chi connectivity index (χ2n) is 6.94. The van der Waals surface area contributed by atoms with Crippen molar-refractivity contribution in [2.45, 2.75) is 6.61 Å². The first-order valence-corrected chi connectivity index (χ1v) is 9.64. The first-order chi connectivity index (χ1) is 15.9. The minimum atomic E-state index is -1.72. The third-order valence-corrected chi connectivity index (χ3v) is 4.72. The van der Waals surface area contributed by atoms with E-state index in [9.17, 15) is 27.5 Å². The molecule has 4 rings (SSSR count). The number of rotatable bonds is 5. The van der Waals surface area contributed by atoms with Gasteiger partial charge < -0.3 is 10.4 Å². The Morgan fingerprint density at radius 3 is 2.42 bits per heavy atom. The van der Waals surface area contributed by atoms with E-state index in [0.29, 0.717) is 17.3 Å². The third-order valence-electron chi connectivity index (χ3n) is 4.72. The highest BCUT2D eigenvalue weighted by Gasteiger charge is 2.19. The molecule has 0 saturated heterocycles. The number of carbonyl (C=O) groups is 1. The SMILES string of the molecule is O=C(Nc1ccc(F)c(F)c1F)Nc1cc(-c2ccccc2F)nn1-c1cccc(CO)c1. The maximum absolute atomic E-state index is 14.3. The first kappa shape index (κ1) is 22.0. The molecule has 4 aromatic rings. The van der Waals surface area contributed by atoms with Gasteiger partial charge in [-0.15, -0.1) is 0 Å². The van der Waals surface area contributed by atoms with Crippen LogP contribution in [0.15, 0.2) is 66.7 Å². The van der Waals surface area contributed by atoms with E-state index < -0.39 is 35.0 Å². The van der Waals surface area contributed by atoms with Gasteiger partial charge in [-0.05, 0) is 42.0 Å². The Balaban J connectivity index is 1.71. The number of aromatic nitrogens is 2. The quantitative estimate of drug-likeness (QED) is 0.284. The van der Waals surface area contributed by atoms with Crippen LogP contribution in [0.4, 0.5) is 33.9 Å². The van der Waals surface area contributed by atoms with Gasteiger partial charge in [0.15, 0.2) is 17.5 Å². The fraction of sp³-hybridized carbons (Fsp3) is 0.0435. The van der Waals surface area contributed by atoms with E-state index in [1.54, 1.807) is 30.3 Å². The van der Waals surface area contributed by atoms with Gasteiger partial charge in [0.1, 0.15) is 11.6 Å². The van der Waals surface area contributed by atoms with Crippen LogP contribution >= 0.6 is 0 Å². The number of anilines is 2. The van der Waals surface area contributed by atoms with Gasteiger partial charge in [0.25, 0.3) is 0 Å². The van der Waals surface area contributed by atoms with E-state index >= 15 is 0 Å². The largest absolute Gasteiger partial charge is 0.392 e. The lowest BCUT2D eigenvalue weighted by Gasteiger charge is -2.11. The summed E-state index contributed by atoms with van der Waals surface area (Å²) in [6, 6.07) is 14.5. The number of amides is 2. The zero-order valence-corrected chi connectivity index (χ0v) is 16.8. The standard InChI is InChI=1S/C23H16F4N4O2/c24-16-7-2-1-6-15(16)19-11-20(31(30-19)14-5-3-4-13(10-14)12-32)29-23(33)28-18-9-8-17(25)21(26)22(18)27/h1-11,32H,12H2,(H2,28,29,33). The van der Waals surface area contributed by atoms with E-state index in [1.807, 2.05) is 0 Å². The Labute approximate surface area is 185 Å². The summed E-state index contributed by atoms with van der Waals surface area (Å²) in [5.74, 6) is -5.13. The van der Waals surface area contributed by atoms with Gasteiger partial charge >= 0.3 is 6.03 Å². The molecule has 0 saturated carbocycles. The Hall–Kier alpha value is -4.18. The number of halogens is 4. The van der Waals surface area contributed by atoms with Crippen LogP contribution < -0.4 is 10.6 Å². The van der Waals surface area contributed by atoms with Gasteiger partial charge in [0.05, 0.1) is 23.7 Å². The van der Waals surface area contributed by atoms with E-state index in [0.717, 1.165) is 6.07 Å². The molecule has 0 radical (unpaired) electrons. The minimum absolute atomic E-state index is 0.0730. The topological polar surface area (TPSA) is 79.2 Å². The molecule has 3 aromatic carbocycles. The Morgan fingerprint density at radius 2 is 1.67 bits per heavy atom. The molecule has 0 bridgehead atoms. The number of benzene rings is 3. The van der Waals surface area contributed by atoms with Crippen LogP contribution in [0.2, 0.25) is 0 Å². The van der Waals surface area contributed by atoms with Crippen LogP contribution in [-0.2, 0) is 6.61 Å². The molecule has 0 atom stereocenters. The number of aliphatic hydroxyl groups is 1. The highest BCUT2D eigenvalue weighted by Crippen LogP contribution is 2.27. The molecule has 1 heterocycles. The number of nitrogens with one attached hydrogen (secondary N) is 2. The predicted molar refractivity (Wildman–Crippen MR) is 114 cm³/mol. The van der Waals surface area contributed by atoms with Crippen molar-refractivity contribution in [3.05, 3.63) is 95.6 Å². The van der Waals surface area contributed by atoms with Gasteiger partial charge in [0, 0.05) is 11.6 Å². The summed E-state index contributed by atoms with van der Waals surface area (Å²) in [6.45, 7) is -0.242. The number of hydrogen-bond donors (Lipinski definition) is 3. The monoisotopic (exact) mass is 456 g/mol. The molecule has 2 amide bonds. The second-order valence-corrected chi connectivity index (χ2v) is 6.94. The van der Waals surface area contributed by atoms with Crippen LogP contribution in [0.5, 0.6) is 0 Å². The zero-order valence-electron chi connectivity index (χ0n) is 16.8. The number of urea groups is 1. The molecule has 33 heavy (non-hydrogen) atoms. The van der Waals surface area contributed by atoms with Gasteiger partial charge in [-0.1, -0.05) is 24.3 Å². The van der Waals surface area contributed by atoms with Crippen molar-refractivity contribution in [1.82, 2.24) is 9.78 Å². The average molecular weight is 456 g/mol. The summed E-state index contributed by atoms with van der Waals surface area (Å²) >= 11 is 0. The maximum Gasteiger partial charge on any atom is 0.324 e. The number of nitrogens with zero attached hydrogens (tertiary/aromatic N) is 2. The van der Waals surface area contributed by atoms with Crippen LogP contribution in [0.25, 0.3) is 16.9 Å². The lowest BCUT2D eigenvalue weighted by Crippen LogP contribution is -2.22. The zero-order chi connectivity index (χ0) is 23.5. The maximum atomic E-state index is 14.3. The summed E-state index contributed by atoms with van der Waals surface area (Å²) in [5.41, 5.74) is 0.795. The van der Waals surface area contributed by atoms with Crippen molar-refractivity contribution in [1.29, 1.82) is 0 Å². The molecule has 0 unspecified atom stereocenters. The highest BCUT2D eigenvalue weighted by molar-refractivity contribution is 5.99. The van der Waals surface area contributed by atoms with Gasteiger partial charge in [-0.2, -0.15) is 5.10 Å². The van der Waals surface area contributed by atoms with Crippen molar-refractivity contribution >= 4 is 17.5 Å². The molecule has 1 aromatic heterocycles. The molecule has 0 aliphatic carbocycles. The summed E-state index contributed by atoms with van der Waals surface area (Å²) in [6.07, 6.45) is 0. The van der Waals surface area contributed by atoms with E-state index in [1.165, 1.54) is 28.9 Å². The number of hydrogen-bond acceptors (Lipinski definition) is 3. The van der Waals surface area contributed by atoms with Gasteiger partial charge in [-0.25, -0.2) is 27.0 Å². The summed E-state index contributed by atoms with van der Waals surface area (Å²) in [7, 11) is 0. The van der Waals surface area contributed by atoms with E-state index in [-0.39, 0.29) is 23.7 Å². The molecule has 0 aliphatic heterocycles. The van der Waals surface area contributed by atoms with Crippen LogP contribution in [-0.4, -0.2) is 20.9 Å². The summed E-state index contributed by atoms with van der Waals surface area (Å²) in [4.78, 5) is 12.5. The molecular formula is C23H16F4N4O2. The van der Waals surface area contributed by atoms with Crippen molar-refractivity contribution in [2.24, 2.45) is 0 Å². The van der Waals surface area contributed by atoms with Gasteiger partial charge in [0.2, 0.25) is 0 Å². The third kappa shape index (κ3) is 4.55. The molecular weight excluding hydrogens is 440 g/mol. The van der Waals surface area contributed by atoms with Crippen molar-refractivity contribution in [3.63, 3.8) is 0 Å². The summed E-state index contributed by atoms with van der Waals surface area (Å²) < 4.78 is 56.1. The Kier molecular flexibility index (Phi) is 6.09. The molecule has 10 heteroatoms. The summed E-state index contributed by atoms with van der Waals surface area (Å²) in [5, 5.41) is 18.3. The van der Waals surface area contributed by atoms with E-state index in [4.69, 9.17) is 0 Å². The van der Waals surface area contributed by atoms with Crippen molar-refractivity contribution in [3.8, 4) is 16.9 Å². The average Bonchev–Trinajstić information content (AvgIpc) is 3.23. The number of carbonyl (C=O) groups excluding carboxylic acids is 1. The van der Waals surface area contributed by atoms with Crippen LogP contribution in [0.1, 0.15) is 5.56 Å². The lowest BCUT2D eigenvalue weighted by atomic mass is 10.1. The predicted octanol–water partition coefficient (Wildman–Crippen LogP) is 5.23. The van der Waals surface area contributed by atoms with Crippen molar-refractivity contribution < 1.29 is 27.5 Å². The molecule has 3 N–H and O–H groups in total. The Morgan fingerprint density at radius 1 is 0.879 bits per heavy atom. The fourth-order valence-electron chi connectivity index (χ4n) is 3.15. The fourth-order valence-corrected chi connectivity index (χ4v) is 3.15. The molecule has 0 spiro atoms. The molecule has 0 fully saturated rings. The lowest BCUT2D eigenvalue weighted by molar-refractivity contribution is 0.262. The molecule has 6 nitrogen and oxygen atoms in total. The number of aliphatic hydroxyl groups excluding tert-OH is 1. The minimum Gasteiger partial charge on any atom is -0.392 e. The Bertz CT molecular complexity index is 1340. The van der Waals surface area contributed by atoms with E-state index in [2.05, 4.69) is 15.7 Å². The molecule has 168 valence electrons. The first-order valence-electron chi connectivity index (χ1n) is 9.64. The van der Waals surface area contributed by atoms with Crippen LogP contribution in [0, 0.1) is 23.3 Å². The van der Waals surface area contributed by atoms with Crippen molar-refractivity contribution in [2.75, 3.05) is 10.6 Å². The van der Waals surface area contributed by atoms with Gasteiger partial charge in [-0.3, -0.25) is 5.32 Å².